The monoisotopic (exact) mass is 291 g/mol. The Balaban J connectivity index is 2.22. The normalized spacial score (nSPS) is 27.3. The maximum Gasteiger partial charge on any atom is 0.119 e. The van der Waals surface area contributed by atoms with Crippen molar-refractivity contribution in [3.05, 3.63) is 29.8 Å². The highest BCUT2D eigenvalue weighted by Crippen LogP contribution is 2.48. The molecule has 3 atom stereocenters. The van der Waals surface area contributed by atoms with E-state index in [-0.39, 0.29) is 5.41 Å². The maximum atomic E-state index is 11.0. The lowest BCUT2D eigenvalue weighted by Gasteiger charge is -2.43. The molecule has 0 amide bonds. The quantitative estimate of drug-likeness (QED) is 0.841. The molecule has 1 aliphatic rings. The molecule has 3 nitrogen and oxygen atoms in total. The van der Waals surface area contributed by atoms with Crippen LogP contribution in [0, 0.1) is 11.3 Å². The zero-order chi connectivity index (χ0) is 15.3. The highest BCUT2D eigenvalue weighted by atomic mass is 16.5. The molecule has 1 aromatic rings. The van der Waals surface area contributed by atoms with E-state index < -0.39 is 6.10 Å². The summed E-state index contributed by atoms with van der Waals surface area (Å²) in [7, 11) is 0. The van der Waals surface area contributed by atoms with Crippen molar-refractivity contribution in [1.82, 2.24) is 0 Å². The van der Waals surface area contributed by atoms with Crippen LogP contribution in [0.2, 0.25) is 0 Å². The smallest absolute Gasteiger partial charge is 0.119 e. The van der Waals surface area contributed by atoms with Gasteiger partial charge in [0.2, 0.25) is 0 Å². The fourth-order valence-corrected chi connectivity index (χ4v) is 3.71. The third kappa shape index (κ3) is 3.58. The van der Waals surface area contributed by atoms with Crippen LogP contribution in [-0.4, -0.2) is 18.3 Å². The molecule has 118 valence electrons. The van der Waals surface area contributed by atoms with Crippen molar-refractivity contribution < 1.29 is 9.84 Å². The largest absolute Gasteiger partial charge is 0.494 e. The Morgan fingerprint density at radius 1 is 1.43 bits per heavy atom. The lowest BCUT2D eigenvalue weighted by Crippen LogP contribution is -2.41. The molecule has 1 saturated carbocycles. The number of aliphatic hydroxyl groups excluding tert-OH is 1. The molecule has 0 saturated heterocycles. The summed E-state index contributed by atoms with van der Waals surface area (Å²) >= 11 is 0. The van der Waals surface area contributed by atoms with Gasteiger partial charge in [0.05, 0.1) is 12.7 Å². The second-order valence-corrected chi connectivity index (χ2v) is 6.35. The Morgan fingerprint density at radius 2 is 2.24 bits per heavy atom. The van der Waals surface area contributed by atoms with Crippen molar-refractivity contribution in [2.75, 3.05) is 13.2 Å². The number of ether oxygens (including phenoxy) is 1. The third-order valence-corrected chi connectivity index (χ3v) is 5.03. The summed E-state index contributed by atoms with van der Waals surface area (Å²) in [5.74, 6) is 1.51. The van der Waals surface area contributed by atoms with Crippen molar-refractivity contribution in [3.63, 3.8) is 0 Å². The van der Waals surface area contributed by atoms with Gasteiger partial charge in [0.1, 0.15) is 5.75 Å². The highest BCUT2D eigenvalue weighted by molar-refractivity contribution is 5.31. The van der Waals surface area contributed by atoms with E-state index in [0.29, 0.717) is 19.1 Å². The van der Waals surface area contributed by atoms with Gasteiger partial charge >= 0.3 is 0 Å². The molecule has 3 heteroatoms. The molecule has 21 heavy (non-hydrogen) atoms. The minimum Gasteiger partial charge on any atom is -0.494 e. The molecule has 0 radical (unpaired) electrons. The molecule has 0 aromatic heterocycles. The minimum atomic E-state index is -0.503. The molecule has 0 bridgehead atoms. The number of hydrogen-bond acceptors (Lipinski definition) is 3. The summed E-state index contributed by atoms with van der Waals surface area (Å²) in [6.07, 6.45) is 5.15. The van der Waals surface area contributed by atoms with Gasteiger partial charge in [-0.3, -0.25) is 0 Å². The summed E-state index contributed by atoms with van der Waals surface area (Å²) < 4.78 is 5.55. The molecule has 0 spiro atoms. The van der Waals surface area contributed by atoms with Gasteiger partial charge in [0.15, 0.2) is 0 Å². The van der Waals surface area contributed by atoms with Gasteiger partial charge in [-0.2, -0.15) is 0 Å². The van der Waals surface area contributed by atoms with Gasteiger partial charge < -0.3 is 15.6 Å². The zero-order valence-electron chi connectivity index (χ0n) is 13.3. The van der Waals surface area contributed by atoms with Gasteiger partial charge in [-0.15, -0.1) is 0 Å². The second kappa shape index (κ2) is 7.28. The van der Waals surface area contributed by atoms with E-state index in [9.17, 15) is 5.11 Å². The van der Waals surface area contributed by atoms with Crippen molar-refractivity contribution in [1.29, 1.82) is 0 Å². The summed E-state index contributed by atoms with van der Waals surface area (Å²) in [5.41, 5.74) is 6.86. The molecular weight excluding hydrogens is 262 g/mol. The number of hydrogen-bond donors (Lipinski definition) is 2. The van der Waals surface area contributed by atoms with E-state index in [2.05, 4.69) is 6.92 Å². The van der Waals surface area contributed by atoms with Crippen LogP contribution in [0.3, 0.4) is 0 Å². The summed E-state index contributed by atoms with van der Waals surface area (Å²) in [5, 5.41) is 11.0. The molecule has 2 rings (SSSR count). The predicted octanol–water partition coefficient (Wildman–Crippen LogP) is 3.66. The first-order valence-corrected chi connectivity index (χ1v) is 8.26. The lowest BCUT2D eigenvalue weighted by molar-refractivity contribution is -0.0163. The number of benzene rings is 1. The number of rotatable bonds is 6. The fraction of sp³-hybridized carbons (Fsp3) is 0.667. The van der Waals surface area contributed by atoms with Crippen LogP contribution in [0.15, 0.2) is 24.3 Å². The van der Waals surface area contributed by atoms with Crippen LogP contribution in [-0.2, 0) is 0 Å². The first kappa shape index (κ1) is 16.3. The van der Waals surface area contributed by atoms with Gasteiger partial charge in [0, 0.05) is 12.0 Å². The summed E-state index contributed by atoms with van der Waals surface area (Å²) in [4.78, 5) is 0. The minimum absolute atomic E-state index is 0.177. The van der Waals surface area contributed by atoms with Crippen LogP contribution in [0.4, 0.5) is 0 Å². The standard InChI is InChI=1S/C18H29NO2/c1-3-14-7-6-10-18(12-14,13-19)17(20)15-8-5-9-16(11-15)21-4-2/h5,8-9,11,14,17,20H,3-4,6-7,10,12-13,19H2,1-2H3. The van der Waals surface area contributed by atoms with Gasteiger partial charge in [-0.05, 0) is 43.4 Å². The summed E-state index contributed by atoms with van der Waals surface area (Å²) in [6.45, 7) is 5.39. The lowest BCUT2D eigenvalue weighted by atomic mass is 9.64. The number of nitrogens with two attached hydrogens (primary N) is 1. The van der Waals surface area contributed by atoms with E-state index >= 15 is 0 Å². The average Bonchev–Trinajstić information content (AvgIpc) is 2.54. The highest BCUT2D eigenvalue weighted by Gasteiger charge is 2.41. The molecular formula is C18H29NO2. The van der Waals surface area contributed by atoms with Crippen LogP contribution < -0.4 is 10.5 Å². The number of aliphatic hydroxyl groups is 1. The van der Waals surface area contributed by atoms with Crippen molar-refractivity contribution in [3.8, 4) is 5.75 Å². The molecule has 1 aromatic carbocycles. The average molecular weight is 291 g/mol. The molecule has 3 unspecified atom stereocenters. The molecule has 1 fully saturated rings. The molecule has 3 N–H and O–H groups in total. The third-order valence-electron chi connectivity index (χ3n) is 5.03. The Morgan fingerprint density at radius 3 is 2.90 bits per heavy atom. The van der Waals surface area contributed by atoms with Gasteiger partial charge in [-0.25, -0.2) is 0 Å². The van der Waals surface area contributed by atoms with Crippen LogP contribution in [0.5, 0.6) is 5.75 Å². The Labute approximate surface area is 128 Å². The van der Waals surface area contributed by atoms with E-state index in [0.717, 1.165) is 30.6 Å². The van der Waals surface area contributed by atoms with Crippen molar-refractivity contribution in [2.24, 2.45) is 17.1 Å². The Kier molecular flexibility index (Phi) is 5.65. The second-order valence-electron chi connectivity index (χ2n) is 6.35. The van der Waals surface area contributed by atoms with Crippen molar-refractivity contribution in [2.45, 2.75) is 52.1 Å². The first-order valence-electron chi connectivity index (χ1n) is 8.26. The predicted molar refractivity (Wildman–Crippen MR) is 86.3 cm³/mol. The van der Waals surface area contributed by atoms with E-state index in [4.69, 9.17) is 10.5 Å². The SMILES string of the molecule is CCOc1cccc(C(O)C2(CN)CCCC(CC)C2)c1. The maximum absolute atomic E-state index is 11.0. The Hall–Kier alpha value is -1.06. The molecule has 0 heterocycles. The summed E-state index contributed by atoms with van der Waals surface area (Å²) in [6, 6.07) is 7.83. The van der Waals surface area contributed by atoms with E-state index in [1.54, 1.807) is 0 Å². The van der Waals surface area contributed by atoms with Gasteiger partial charge in [0.25, 0.3) is 0 Å². The van der Waals surface area contributed by atoms with Crippen LogP contribution >= 0.6 is 0 Å². The van der Waals surface area contributed by atoms with E-state index in [1.807, 2.05) is 31.2 Å². The topological polar surface area (TPSA) is 55.5 Å². The van der Waals surface area contributed by atoms with Crippen LogP contribution in [0.1, 0.15) is 57.6 Å². The van der Waals surface area contributed by atoms with Crippen LogP contribution in [0.25, 0.3) is 0 Å². The molecule has 0 aliphatic heterocycles. The van der Waals surface area contributed by atoms with E-state index in [1.165, 1.54) is 12.8 Å². The zero-order valence-corrected chi connectivity index (χ0v) is 13.3. The van der Waals surface area contributed by atoms with Gasteiger partial charge in [-0.1, -0.05) is 38.3 Å². The first-order chi connectivity index (χ1) is 10.1. The fourth-order valence-electron chi connectivity index (χ4n) is 3.71. The molecule has 1 aliphatic carbocycles. The van der Waals surface area contributed by atoms with Crippen molar-refractivity contribution >= 4 is 0 Å². The Bertz CT molecular complexity index is 449.